The number of hydrogen-bond acceptors (Lipinski definition) is 1. The Morgan fingerprint density at radius 1 is 0.476 bits per heavy atom. The Morgan fingerprint density at radius 3 is 1.98 bits per heavy atom. The van der Waals surface area contributed by atoms with Crippen LogP contribution < -0.4 is 0 Å². The third kappa shape index (κ3) is 2.50. The highest BCUT2D eigenvalue weighted by atomic mass is 15.0. The first-order chi connectivity index (χ1) is 20.9. The summed E-state index contributed by atoms with van der Waals surface area (Å²) in [5.41, 5.74) is 13.7. The van der Waals surface area contributed by atoms with Crippen LogP contribution in [0.4, 0.5) is 0 Å². The van der Waals surface area contributed by atoms with E-state index in [1.807, 2.05) is 6.20 Å². The van der Waals surface area contributed by atoms with E-state index in [0.717, 1.165) is 0 Å². The zero-order valence-electron chi connectivity index (χ0n) is 22.8. The second kappa shape index (κ2) is 7.84. The van der Waals surface area contributed by atoms with Crippen LogP contribution in [0.3, 0.4) is 0 Å². The molecule has 6 aromatic carbocycles. The van der Waals surface area contributed by atoms with Crippen LogP contribution in [0, 0.1) is 0 Å². The second-order valence-electron chi connectivity index (χ2n) is 11.5. The fraction of sp³-hybridized carbons (Fsp3) is 0.0250. The Kier molecular flexibility index (Phi) is 4.15. The molecule has 0 amide bonds. The smallest absolute Gasteiger partial charge is 0.0747 e. The lowest BCUT2D eigenvalue weighted by atomic mass is 9.70. The lowest BCUT2D eigenvalue weighted by molar-refractivity contribution is 0.796. The van der Waals surface area contributed by atoms with Crippen molar-refractivity contribution in [2.45, 2.75) is 5.41 Å². The van der Waals surface area contributed by atoms with Crippen molar-refractivity contribution in [3.8, 4) is 27.9 Å². The standard InChI is InChI=1S/C40H24N2/c1-2-12-26-25(10-1)11-9-19-35(26)42-36-18-8-5-15-31(36)38-37(42)21-20-30-29-22-23-41-24-34(29)40(39(30)38)32-16-6-3-13-27(32)28-14-4-7-17-33(28)40/h1-24H. The Labute approximate surface area is 243 Å². The normalized spacial score (nSPS) is 13.9. The number of rotatable bonds is 1. The number of aromatic nitrogens is 2. The summed E-state index contributed by atoms with van der Waals surface area (Å²) >= 11 is 0. The van der Waals surface area contributed by atoms with Gasteiger partial charge >= 0.3 is 0 Å². The molecule has 2 aliphatic carbocycles. The first-order valence-electron chi connectivity index (χ1n) is 14.6. The first kappa shape index (κ1) is 22.2. The van der Waals surface area contributed by atoms with Gasteiger partial charge in [-0.25, -0.2) is 0 Å². The van der Waals surface area contributed by atoms with Crippen LogP contribution in [-0.2, 0) is 5.41 Å². The maximum atomic E-state index is 4.73. The van der Waals surface area contributed by atoms with Gasteiger partial charge in [0.15, 0.2) is 0 Å². The highest BCUT2D eigenvalue weighted by molar-refractivity contribution is 6.16. The zero-order valence-corrected chi connectivity index (χ0v) is 22.8. The van der Waals surface area contributed by atoms with Gasteiger partial charge in [-0.15, -0.1) is 0 Å². The third-order valence-corrected chi connectivity index (χ3v) is 9.69. The van der Waals surface area contributed by atoms with Gasteiger partial charge in [0, 0.05) is 28.6 Å². The molecule has 0 atom stereocenters. The van der Waals surface area contributed by atoms with E-state index in [0.29, 0.717) is 0 Å². The predicted octanol–water partition coefficient (Wildman–Crippen LogP) is 9.68. The lowest BCUT2D eigenvalue weighted by Crippen LogP contribution is -2.26. The fourth-order valence-electron chi connectivity index (χ4n) is 8.19. The van der Waals surface area contributed by atoms with Crippen LogP contribution in [0.25, 0.3) is 60.5 Å². The number of nitrogens with zero attached hydrogens (tertiary/aromatic N) is 2. The highest BCUT2D eigenvalue weighted by Gasteiger charge is 2.53. The van der Waals surface area contributed by atoms with E-state index < -0.39 is 5.41 Å². The number of hydrogen-bond donors (Lipinski definition) is 0. The summed E-state index contributed by atoms with van der Waals surface area (Å²) in [5.74, 6) is 0. The van der Waals surface area contributed by atoms with Crippen molar-refractivity contribution in [2.75, 3.05) is 0 Å². The zero-order chi connectivity index (χ0) is 27.4. The van der Waals surface area contributed by atoms with Gasteiger partial charge < -0.3 is 4.57 Å². The molecule has 10 rings (SSSR count). The molecule has 2 heteroatoms. The van der Waals surface area contributed by atoms with E-state index in [1.165, 1.54) is 82.8 Å². The molecule has 2 aliphatic rings. The number of para-hydroxylation sites is 1. The average molecular weight is 533 g/mol. The Morgan fingerprint density at radius 2 is 1.14 bits per heavy atom. The van der Waals surface area contributed by atoms with Crippen LogP contribution in [0.2, 0.25) is 0 Å². The van der Waals surface area contributed by atoms with Crippen LogP contribution in [0.15, 0.2) is 146 Å². The largest absolute Gasteiger partial charge is 0.309 e. The van der Waals surface area contributed by atoms with E-state index in [-0.39, 0.29) is 0 Å². The molecule has 0 aliphatic heterocycles. The van der Waals surface area contributed by atoms with E-state index in [4.69, 9.17) is 4.98 Å². The Bertz CT molecular complexity index is 2360. The van der Waals surface area contributed by atoms with Crippen molar-refractivity contribution in [2.24, 2.45) is 0 Å². The van der Waals surface area contributed by atoms with Gasteiger partial charge in [0.1, 0.15) is 0 Å². The second-order valence-corrected chi connectivity index (χ2v) is 11.5. The van der Waals surface area contributed by atoms with Gasteiger partial charge in [-0.05, 0) is 74.2 Å². The molecule has 0 saturated heterocycles. The van der Waals surface area contributed by atoms with Gasteiger partial charge in [-0.1, -0.05) is 109 Å². The summed E-state index contributed by atoms with van der Waals surface area (Å²) in [6.07, 6.45) is 4.06. The van der Waals surface area contributed by atoms with Crippen molar-refractivity contribution in [3.63, 3.8) is 0 Å². The first-order valence-corrected chi connectivity index (χ1v) is 14.6. The summed E-state index contributed by atoms with van der Waals surface area (Å²) in [6, 6.07) is 49.2. The quantitative estimate of drug-likeness (QED) is 0.206. The Balaban J connectivity index is 1.45. The average Bonchev–Trinajstić information content (AvgIpc) is 3.66. The van der Waals surface area contributed by atoms with Crippen LogP contribution in [0.5, 0.6) is 0 Å². The molecule has 0 bridgehead atoms. The number of fused-ring (bicyclic) bond motifs is 15. The maximum absolute atomic E-state index is 4.73. The number of pyridine rings is 1. The fourth-order valence-corrected chi connectivity index (χ4v) is 8.19. The molecule has 8 aromatic rings. The van der Waals surface area contributed by atoms with E-state index in [2.05, 4.69) is 144 Å². The van der Waals surface area contributed by atoms with E-state index in [9.17, 15) is 0 Å². The molecule has 0 saturated carbocycles. The molecule has 0 fully saturated rings. The summed E-state index contributed by atoms with van der Waals surface area (Å²) < 4.78 is 2.48. The van der Waals surface area contributed by atoms with E-state index >= 15 is 0 Å². The topological polar surface area (TPSA) is 17.8 Å². The monoisotopic (exact) mass is 532 g/mol. The molecule has 2 aromatic heterocycles. The van der Waals surface area contributed by atoms with Crippen molar-refractivity contribution in [1.82, 2.24) is 9.55 Å². The molecule has 2 nitrogen and oxygen atoms in total. The minimum atomic E-state index is -0.445. The lowest BCUT2D eigenvalue weighted by Gasteiger charge is -2.30. The molecule has 42 heavy (non-hydrogen) atoms. The van der Waals surface area contributed by atoms with Crippen LogP contribution in [0.1, 0.15) is 22.3 Å². The summed E-state index contributed by atoms with van der Waals surface area (Å²) in [5, 5.41) is 5.09. The van der Waals surface area contributed by atoms with Gasteiger partial charge in [0.05, 0.1) is 22.1 Å². The molecule has 0 unspecified atom stereocenters. The van der Waals surface area contributed by atoms with Gasteiger partial charge in [0.2, 0.25) is 0 Å². The van der Waals surface area contributed by atoms with Crippen LogP contribution >= 0.6 is 0 Å². The van der Waals surface area contributed by atoms with Crippen molar-refractivity contribution in [1.29, 1.82) is 0 Å². The molecule has 0 radical (unpaired) electrons. The van der Waals surface area contributed by atoms with Gasteiger partial charge in [-0.3, -0.25) is 4.98 Å². The van der Waals surface area contributed by atoms with E-state index in [1.54, 1.807) is 0 Å². The summed E-state index contributed by atoms with van der Waals surface area (Å²) in [4.78, 5) is 4.73. The molecular formula is C40H24N2. The molecule has 2 heterocycles. The van der Waals surface area contributed by atoms with Crippen molar-refractivity contribution < 1.29 is 0 Å². The van der Waals surface area contributed by atoms with Crippen molar-refractivity contribution >= 4 is 32.6 Å². The SMILES string of the molecule is c1ccc2c(c1)-c1ccccc1C21c2cnccc2-c2ccc3c(c21)c1ccccc1n3-c1cccc2ccccc12. The molecule has 194 valence electrons. The highest BCUT2D eigenvalue weighted by Crippen LogP contribution is 2.64. The van der Waals surface area contributed by atoms with Crippen molar-refractivity contribution in [3.05, 3.63) is 168 Å². The van der Waals surface area contributed by atoms with Gasteiger partial charge in [0.25, 0.3) is 0 Å². The third-order valence-electron chi connectivity index (χ3n) is 9.69. The summed E-state index contributed by atoms with van der Waals surface area (Å²) in [7, 11) is 0. The summed E-state index contributed by atoms with van der Waals surface area (Å²) in [6.45, 7) is 0. The minimum absolute atomic E-state index is 0.445. The molecule has 1 spiro atoms. The van der Waals surface area contributed by atoms with Gasteiger partial charge in [-0.2, -0.15) is 0 Å². The number of benzene rings is 6. The Hall–Kier alpha value is -5.47. The molecular weight excluding hydrogens is 508 g/mol. The molecule has 0 N–H and O–H groups in total. The maximum Gasteiger partial charge on any atom is 0.0747 e. The minimum Gasteiger partial charge on any atom is -0.309 e. The van der Waals surface area contributed by atoms with Crippen LogP contribution in [-0.4, -0.2) is 9.55 Å². The predicted molar refractivity (Wildman–Crippen MR) is 172 cm³/mol.